The Hall–Kier alpha value is -3.10. The van der Waals surface area contributed by atoms with E-state index in [1.54, 1.807) is 16.8 Å². The van der Waals surface area contributed by atoms with Crippen LogP contribution in [0.5, 0.6) is 0 Å². The molecule has 3 heterocycles. The molecule has 3 aromatic rings. The third kappa shape index (κ3) is 6.03. The maximum atomic E-state index is 13.0. The van der Waals surface area contributed by atoms with Crippen LogP contribution < -0.4 is 21.9 Å². The van der Waals surface area contributed by atoms with Crippen molar-refractivity contribution in [1.82, 2.24) is 19.9 Å². The number of amides is 1. The number of halogens is 2. The lowest BCUT2D eigenvalue weighted by molar-refractivity contribution is -0.124. The molecule has 0 fully saturated rings. The molecule has 33 heavy (non-hydrogen) atoms. The second-order valence-corrected chi connectivity index (χ2v) is 7.69. The van der Waals surface area contributed by atoms with Crippen molar-refractivity contribution in [3.8, 4) is 0 Å². The Kier molecular flexibility index (Phi) is 9.25. The Labute approximate surface area is 204 Å². The van der Waals surface area contributed by atoms with Crippen molar-refractivity contribution >= 4 is 42.4 Å². The average molecular weight is 491 g/mol. The van der Waals surface area contributed by atoms with Gasteiger partial charge in [-0.05, 0) is 43.4 Å². The number of hydrogen-bond acceptors (Lipinski definition) is 6. The molecule has 0 aliphatic carbocycles. The molecule has 0 bridgehead atoms. The highest BCUT2D eigenvalue weighted by atomic mass is 35.5. The molecule has 0 saturated heterocycles. The minimum atomic E-state index is -0.540. The lowest BCUT2D eigenvalue weighted by atomic mass is 10.1. The Bertz CT molecular complexity index is 1150. The van der Waals surface area contributed by atoms with E-state index in [0.29, 0.717) is 31.7 Å². The normalized spacial score (nSPS) is 13.9. The molecule has 1 amide bonds. The lowest BCUT2D eigenvalue weighted by Crippen LogP contribution is -2.36. The Morgan fingerprint density at radius 1 is 1.18 bits per heavy atom. The maximum absolute atomic E-state index is 13.0. The highest BCUT2D eigenvalue weighted by Crippen LogP contribution is 2.24. The predicted molar refractivity (Wildman–Crippen MR) is 134 cm³/mol. The zero-order valence-electron chi connectivity index (χ0n) is 18.3. The minimum absolute atomic E-state index is 0. The summed E-state index contributed by atoms with van der Waals surface area (Å²) < 4.78 is 1.57. The van der Waals surface area contributed by atoms with Gasteiger partial charge in [-0.3, -0.25) is 14.2 Å². The number of nitrogens with zero attached hydrogens (tertiary/aromatic N) is 3. The molecule has 8 nitrogen and oxygen atoms in total. The van der Waals surface area contributed by atoms with Crippen LogP contribution in [0.1, 0.15) is 35.0 Å². The number of nitrogens with two attached hydrogens (primary N) is 1. The average Bonchev–Trinajstić information content (AvgIpc) is 3.20. The molecule has 1 unspecified atom stereocenters. The number of nitrogens with one attached hydrogen (secondary N) is 2. The number of benzene rings is 1. The first kappa shape index (κ1) is 26.2. The molecule has 2 aromatic heterocycles. The van der Waals surface area contributed by atoms with Gasteiger partial charge in [0, 0.05) is 30.7 Å². The van der Waals surface area contributed by atoms with Crippen molar-refractivity contribution in [3.05, 3.63) is 81.5 Å². The molecule has 0 saturated carbocycles. The molecule has 1 aliphatic rings. The summed E-state index contributed by atoms with van der Waals surface area (Å²) in [6.45, 7) is 2.78. The topological polar surface area (TPSA) is 115 Å². The number of hydrogen-bond donors (Lipinski definition) is 3. The molecular formula is C23H28Cl2N6O2. The van der Waals surface area contributed by atoms with Crippen molar-refractivity contribution in [3.63, 3.8) is 0 Å². The van der Waals surface area contributed by atoms with Crippen LogP contribution in [0.4, 0.5) is 11.6 Å². The fraction of sp³-hybridized carbons (Fsp3) is 0.304. The summed E-state index contributed by atoms with van der Waals surface area (Å²) in [4.78, 5) is 34.4. The van der Waals surface area contributed by atoms with Gasteiger partial charge in [-0.1, -0.05) is 36.4 Å². The van der Waals surface area contributed by atoms with Gasteiger partial charge in [0.05, 0.1) is 0 Å². The standard InChI is InChI=1S/C23H26N6O2.2ClH/c1-15-17(7-10-20(24)28-15)13-27-22(30)19-9-8-18-14-26-21(23(31)29(18)19)25-12-11-16-5-3-2-4-6-16;;/h2-7,10,14,19H,8-9,11-13H2,1H3,(H2,24,28)(H,25,26)(H,27,30);2*1H. The van der Waals surface area contributed by atoms with Gasteiger partial charge in [-0.2, -0.15) is 0 Å². The van der Waals surface area contributed by atoms with E-state index in [2.05, 4.69) is 20.6 Å². The number of anilines is 2. The van der Waals surface area contributed by atoms with E-state index in [-0.39, 0.29) is 42.1 Å². The molecule has 0 spiro atoms. The predicted octanol–water partition coefficient (Wildman–Crippen LogP) is 2.83. The zero-order valence-corrected chi connectivity index (χ0v) is 19.9. The molecule has 10 heteroatoms. The van der Waals surface area contributed by atoms with Gasteiger partial charge >= 0.3 is 0 Å². The van der Waals surface area contributed by atoms with E-state index >= 15 is 0 Å². The van der Waals surface area contributed by atoms with Crippen LogP contribution in [-0.4, -0.2) is 27.0 Å². The number of fused-ring (bicyclic) bond motifs is 1. The number of carbonyl (C=O) groups excluding carboxylic acids is 1. The second kappa shape index (κ2) is 11.7. The highest BCUT2D eigenvalue weighted by Gasteiger charge is 2.30. The molecular weight excluding hydrogens is 463 g/mol. The van der Waals surface area contributed by atoms with Crippen molar-refractivity contribution in [2.24, 2.45) is 0 Å². The van der Waals surface area contributed by atoms with Crippen LogP contribution in [0.2, 0.25) is 0 Å². The summed E-state index contributed by atoms with van der Waals surface area (Å²) >= 11 is 0. The van der Waals surface area contributed by atoms with Gasteiger partial charge in [0.15, 0.2) is 5.82 Å². The summed E-state index contributed by atoms with van der Waals surface area (Å²) in [5, 5.41) is 6.06. The smallest absolute Gasteiger partial charge is 0.294 e. The molecule has 4 rings (SSSR count). The van der Waals surface area contributed by atoms with Crippen LogP contribution >= 0.6 is 24.8 Å². The number of carbonyl (C=O) groups is 1. The van der Waals surface area contributed by atoms with Crippen LogP contribution in [0.25, 0.3) is 0 Å². The lowest BCUT2D eigenvalue weighted by Gasteiger charge is -2.16. The first-order valence-electron chi connectivity index (χ1n) is 10.4. The summed E-state index contributed by atoms with van der Waals surface area (Å²) in [7, 11) is 0. The SMILES string of the molecule is Cc1nc(N)ccc1CNC(=O)C1CCc2cnc(NCCc3ccccc3)c(=O)n21.Cl.Cl. The highest BCUT2D eigenvalue weighted by molar-refractivity contribution is 5.85. The third-order valence-corrected chi connectivity index (χ3v) is 5.58. The first-order valence-corrected chi connectivity index (χ1v) is 10.4. The Balaban J connectivity index is 0.00000193. The molecule has 1 aliphatic heterocycles. The maximum Gasteiger partial charge on any atom is 0.294 e. The number of aromatic nitrogens is 3. The molecule has 1 atom stereocenters. The van der Waals surface area contributed by atoms with Gasteiger partial charge in [0.25, 0.3) is 5.56 Å². The van der Waals surface area contributed by atoms with Crippen molar-refractivity contribution < 1.29 is 4.79 Å². The minimum Gasteiger partial charge on any atom is -0.384 e. The molecule has 176 valence electrons. The van der Waals surface area contributed by atoms with Gasteiger partial charge in [-0.25, -0.2) is 9.97 Å². The van der Waals surface area contributed by atoms with E-state index in [1.807, 2.05) is 43.3 Å². The third-order valence-electron chi connectivity index (χ3n) is 5.58. The van der Waals surface area contributed by atoms with E-state index in [0.717, 1.165) is 23.4 Å². The van der Waals surface area contributed by atoms with Crippen molar-refractivity contribution in [1.29, 1.82) is 0 Å². The summed E-state index contributed by atoms with van der Waals surface area (Å²) in [6.07, 6.45) is 3.69. The number of rotatable bonds is 7. The summed E-state index contributed by atoms with van der Waals surface area (Å²) in [5.74, 6) is 0.542. The largest absolute Gasteiger partial charge is 0.384 e. The summed E-state index contributed by atoms with van der Waals surface area (Å²) in [6, 6.07) is 13.1. The second-order valence-electron chi connectivity index (χ2n) is 7.69. The van der Waals surface area contributed by atoms with E-state index < -0.39 is 6.04 Å². The van der Waals surface area contributed by atoms with Crippen molar-refractivity contribution in [2.75, 3.05) is 17.6 Å². The fourth-order valence-electron chi connectivity index (χ4n) is 3.88. The quantitative estimate of drug-likeness (QED) is 0.468. The van der Waals surface area contributed by atoms with Crippen LogP contribution in [-0.2, 0) is 24.2 Å². The van der Waals surface area contributed by atoms with Crippen LogP contribution in [0.3, 0.4) is 0 Å². The first-order chi connectivity index (χ1) is 15.0. The van der Waals surface area contributed by atoms with Gasteiger partial charge in [0.2, 0.25) is 5.91 Å². The van der Waals surface area contributed by atoms with E-state index in [4.69, 9.17) is 5.73 Å². The number of pyridine rings is 1. The Morgan fingerprint density at radius 3 is 2.67 bits per heavy atom. The molecule has 0 radical (unpaired) electrons. The van der Waals surface area contributed by atoms with Crippen molar-refractivity contribution in [2.45, 2.75) is 38.8 Å². The molecule has 1 aromatic carbocycles. The van der Waals surface area contributed by atoms with Crippen LogP contribution in [0.15, 0.2) is 53.5 Å². The van der Waals surface area contributed by atoms with E-state index in [1.165, 1.54) is 5.56 Å². The van der Waals surface area contributed by atoms with Gasteiger partial charge in [-0.15, -0.1) is 24.8 Å². The van der Waals surface area contributed by atoms with Gasteiger partial charge in [0.1, 0.15) is 11.9 Å². The fourth-order valence-corrected chi connectivity index (χ4v) is 3.88. The monoisotopic (exact) mass is 490 g/mol. The number of aryl methyl sites for hydroxylation is 2. The van der Waals surface area contributed by atoms with Crippen LogP contribution in [0, 0.1) is 6.92 Å². The van der Waals surface area contributed by atoms with Gasteiger partial charge < -0.3 is 16.4 Å². The summed E-state index contributed by atoms with van der Waals surface area (Å²) in [5.41, 5.74) is 9.06. The Morgan fingerprint density at radius 2 is 1.94 bits per heavy atom. The number of nitrogen functional groups attached to an aromatic ring is 1. The zero-order chi connectivity index (χ0) is 21.8. The molecule has 4 N–H and O–H groups in total. The van der Waals surface area contributed by atoms with E-state index in [9.17, 15) is 9.59 Å².